The number of hydrogen-bond acceptors (Lipinski definition) is 1. The average Bonchev–Trinajstić information content (AvgIpc) is 3.38. The quantitative estimate of drug-likeness (QED) is 0.249. The van der Waals surface area contributed by atoms with Crippen LogP contribution in [0.25, 0.3) is 0 Å². The average molecular weight is 508 g/mol. The SMILES string of the molecule is C=C(C)Cc1ccc(CC(F)(F)F)cc1.c1ccc(CCc2ccc(CCCN3CCCC3)cc2)cc1. The zero-order valence-electron chi connectivity index (χ0n) is 22.1. The van der Waals surface area contributed by atoms with Gasteiger partial charge in [-0.15, -0.1) is 0 Å². The van der Waals surface area contributed by atoms with Crippen molar-refractivity contribution in [3.63, 3.8) is 0 Å². The Morgan fingerprint density at radius 3 is 1.73 bits per heavy atom. The van der Waals surface area contributed by atoms with Gasteiger partial charge < -0.3 is 4.90 Å². The lowest BCUT2D eigenvalue weighted by Gasteiger charge is -2.14. The van der Waals surface area contributed by atoms with Crippen LogP contribution in [0.15, 0.2) is 91.0 Å². The second kappa shape index (κ2) is 14.8. The van der Waals surface area contributed by atoms with Gasteiger partial charge in [-0.25, -0.2) is 0 Å². The summed E-state index contributed by atoms with van der Waals surface area (Å²) in [5.41, 5.74) is 6.66. The van der Waals surface area contributed by atoms with E-state index in [9.17, 15) is 13.2 Å². The van der Waals surface area contributed by atoms with Crippen LogP contribution < -0.4 is 0 Å². The van der Waals surface area contributed by atoms with Crippen LogP contribution in [0.1, 0.15) is 54.0 Å². The van der Waals surface area contributed by atoms with E-state index in [1.165, 1.54) is 74.1 Å². The van der Waals surface area contributed by atoms with Crippen molar-refractivity contribution in [2.75, 3.05) is 19.6 Å². The van der Waals surface area contributed by atoms with E-state index in [1.807, 2.05) is 6.92 Å². The monoisotopic (exact) mass is 507 g/mol. The molecule has 3 aromatic carbocycles. The molecule has 0 aromatic heterocycles. The molecule has 0 aliphatic carbocycles. The number of rotatable bonds is 10. The third-order valence-electron chi connectivity index (χ3n) is 6.64. The summed E-state index contributed by atoms with van der Waals surface area (Å²) in [5, 5.41) is 0. The first-order valence-electron chi connectivity index (χ1n) is 13.4. The van der Waals surface area contributed by atoms with Gasteiger partial charge in [0.2, 0.25) is 0 Å². The minimum Gasteiger partial charge on any atom is -0.303 e. The number of benzene rings is 3. The van der Waals surface area contributed by atoms with Gasteiger partial charge in [-0.05, 0) is 99.3 Å². The van der Waals surface area contributed by atoms with Crippen LogP contribution in [0.4, 0.5) is 13.2 Å². The van der Waals surface area contributed by atoms with Crippen LogP contribution in [0, 0.1) is 0 Å². The summed E-state index contributed by atoms with van der Waals surface area (Å²) in [6.07, 6.45) is 3.31. The Labute approximate surface area is 221 Å². The number of aryl methyl sites for hydroxylation is 3. The maximum atomic E-state index is 12.0. The highest BCUT2D eigenvalue weighted by atomic mass is 19.4. The standard InChI is InChI=1S/C21H27N.C12H13F3/c1-2-7-19(8-3-1)10-13-21-14-11-20(12-15-21)9-6-18-22-16-4-5-17-22;1-9(2)7-10-3-5-11(6-4-10)8-12(13,14)15/h1-3,7-8,11-12,14-15H,4-6,9-10,13,16-18H2;3-6H,1,7-8H2,2H3. The predicted octanol–water partition coefficient (Wildman–Crippen LogP) is 8.41. The molecule has 1 saturated heterocycles. The van der Waals surface area contributed by atoms with Crippen molar-refractivity contribution in [1.82, 2.24) is 4.90 Å². The van der Waals surface area contributed by atoms with Crippen LogP contribution in [0.2, 0.25) is 0 Å². The normalized spacial score (nSPS) is 13.7. The number of allylic oxidation sites excluding steroid dienone is 1. The number of hydrogen-bond donors (Lipinski definition) is 0. The van der Waals surface area contributed by atoms with Crippen molar-refractivity contribution in [2.24, 2.45) is 0 Å². The summed E-state index contributed by atoms with van der Waals surface area (Å²) in [6, 6.07) is 26.5. The Kier molecular flexibility index (Phi) is 11.5. The molecular formula is C33H40F3N. The summed E-state index contributed by atoms with van der Waals surface area (Å²) in [5.74, 6) is 0. The van der Waals surface area contributed by atoms with E-state index in [-0.39, 0.29) is 0 Å². The smallest absolute Gasteiger partial charge is 0.303 e. The van der Waals surface area contributed by atoms with Gasteiger partial charge in [-0.3, -0.25) is 0 Å². The van der Waals surface area contributed by atoms with Gasteiger partial charge >= 0.3 is 6.18 Å². The fourth-order valence-corrected chi connectivity index (χ4v) is 4.67. The van der Waals surface area contributed by atoms with Gasteiger partial charge in [0.05, 0.1) is 6.42 Å². The van der Waals surface area contributed by atoms with E-state index in [2.05, 4.69) is 66.1 Å². The predicted molar refractivity (Wildman–Crippen MR) is 149 cm³/mol. The second-order valence-corrected chi connectivity index (χ2v) is 10.2. The number of nitrogens with zero attached hydrogens (tertiary/aromatic N) is 1. The van der Waals surface area contributed by atoms with Crippen LogP contribution in [-0.2, 0) is 32.1 Å². The molecule has 0 N–H and O–H groups in total. The Hall–Kier alpha value is -2.85. The molecule has 4 heteroatoms. The molecule has 1 nitrogen and oxygen atoms in total. The maximum Gasteiger partial charge on any atom is 0.393 e. The molecule has 0 saturated carbocycles. The third-order valence-corrected chi connectivity index (χ3v) is 6.64. The first kappa shape index (κ1) is 28.7. The first-order chi connectivity index (χ1) is 17.8. The minimum absolute atomic E-state index is 0.299. The summed E-state index contributed by atoms with van der Waals surface area (Å²) in [6.45, 7) is 9.55. The fraction of sp³-hybridized carbons (Fsp3) is 0.394. The minimum atomic E-state index is -4.13. The second-order valence-electron chi connectivity index (χ2n) is 10.2. The number of likely N-dealkylation sites (tertiary alicyclic amines) is 1. The van der Waals surface area contributed by atoms with E-state index in [0.717, 1.165) is 24.0 Å². The molecule has 3 aromatic rings. The molecule has 0 amide bonds. The Morgan fingerprint density at radius 2 is 1.19 bits per heavy atom. The lowest BCUT2D eigenvalue weighted by molar-refractivity contribution is -0.127. The van der Waals surface area contributed by atoms with Gasteiger partial charge in [-0.2, -0.15) is 13.2 Å². The highest BCUT2D eigenvalue weighted by molar-refractivity contribution is 5.26. The van der Waals surface area contributed by atoms with Crippen LogP contribution in [0.5, 0.6) is 0 Å². The van der Waals surface area contributed by atoms with Gasteiger partial charge in [0.15, 0.2) is 0 Å². The molecule has 1 heterocycles. The molecule has 0 unspecified atom stereocenters. The largest absolute Gasteiger partial charge is 0.393 e. The van der Waals surface area contributed by atoms with Gasteiger partial charge in [-0.1, -0.05) is 91.0 Å². The molecule has 198 valence electrons. The molecule has 37 heavy (non-hydrogen) atoms. The number of alkyl halides is 3. The van der Waals surface area contributed by atoms with Crippen molar-refractivity contribution in [3.05, 3.63) is 119 Å². The molecule has 1 fully saturated rings. The van der Waals surface area contributed by atoms with Crippen molar-refractivity contribution in [2.45, 2.75) is 64.5 Å². The molecule has 0 radical (unpaired) electrons. The zero-order valence-corrected chi connectivity index (χ0v) is 22.1. The number of halogens is 3. The van der Waals surface area contributed by atoms with E-state index in [0.29, 0.717) is 12.0 Å². The lowest BCUT2D eigenvalue weighted by atomic mass is 10.0. The van der Waals surface area contributed by atoms with E-state index >= 15 is 0 Å². The van der Waals surface area contributed by atoms with Gasteiger partial charge in [0.25, 0.3) is 0 Å². The molecule has 0 atom stereocenters. The zero-order chi connectivity index (χ0) is 26.5. The summed E-state index contributed by atoms with van der Waals surface area (Å²) < 4.78 is 36.1. The van der Waals surface area contributed by atoms with E-state index < -0.39 is 12.6 Å². The van der Waals surface area contributed by atoms with Crippen molar-refractivity contribution < 1.29 is 13.2 Å². The first-order valence-corrected chi connectivity index (χ1v) is 13.4. The molecular weight excluding hydrogens is 467 g/mol. The molecule has 1 aliphatic heterocycles. The topological polar surface area (TPSA) is 3.24 Å². The van der Waals surface area contributed by atoms with Crippen LogP contribution >= 0.6 is 0 Å². The van der Waals surface area contributed by atoms with Crippen molar-refractivity contribution in [3.8, 4) is 0 Å². The Balaban J connectivity index is 0.000000222. The van der Waals surface area contributed by atoms with Gasteiger partial charge in [0.1, 0.15) is 0 Å². The van der Waals surface area contributed by atoms with E-state index in [1.54, 1.807) is 12.1 Å². The lowest BCUT2D eigenvalue weighted by Crippen LogP contribution is -2.20. The highest BCUT2D eigenvalue weighted by Crippen LogP contribution is 2.21. The Morgan fingerprint density at radius 1 is 0.703 bits per heavy atom. The van der Waals surface area contributed by atoms with Gasteiger partial charge in [0, 0.05) is 0 Å². The fourth-order valence-electron chi connectivity index (χ4n) is 4.67. The molecule has 4 rings (SSSR count). The maximum absolute atomic E-state index is 12.0. The third kappa shape index (κ3) is 11.8. The Bertz CT molecular complexity index is 1050. The molecule has 1 aliphatic rings. The summed E-state index contributed by atoms with van der Waals surface area (Å²) in [4.78, 5) is 2.61. The van der Waals surface area contributed by atoms with Crippen molar-refractivity contribution in [1.29, 1.82) is 0 Å². The molecule has 0 spiro atoms. The summed E-state index contributed by atoms with van der Waals surface area (Å²) >= 11 is 0. The van der Waals surface area contributed by atoms with Crippen molar-refractivity contribution >= 4 is 0 Å². The molecule has 0 bridgehead atoms. The highest BCUT2D eigenvalue weighted by Gasteiger charge is 2.27. The van der Waals surface area contributed by atoms with Crippen LogP contribution in [0.3, 0.4) is 0 Å². The van der Waals surface area contributed by atoms with Crippen LogP contribution in [-0.4, -0.2) is 30.7 Å². The van der Waals surface area contributed by atoms with E-state index in [4.69, 9.17) is 0 Å². The summed E-state index contributed by atoms with van der Waals surface area (Å²) in [7, 11) is 0.